The number of sulfonamides is 1. The van der Waals surface area contributed by atoms with Crippen LogP contribution in [0.3, 0.4) is 0 Å². The Balaban J connectivity index is 2.09. The fraction of sp³-hybridized carbons (Fsp3) is 0.500. The molecular formula is C12H15F3N2O2S. The Kier molecular flexibility index (Phi) is 4.36. The lowest BCUT2D eigenvalue weighted by atomic mass is 10.1. The van der Waals surface area contributed by atoms with E-state index in [2.05, 4.69) is 5.32 Å². The van der Waals surface area contributed by atoms with Gasteiger partial charge >= 0.3 is 6.18 Å². The topological polar surface area (TPSA) is 49.4 Å². The average Bonchev–Trinajstić information content (AvgIpc) is 2.39. The van der Waals surface area contributed by atoms with E-state index in [1.807, 2.05) is 0 Å². The van der Waals surface area contributed by atoms with Gasteiger partial charge in [-0.2, -0.15) is 17.5 Å². The number of nitrogens with zero attached hydrogens (tertiary/aromatic N) is 1. The van der Waals surface area contributed by atoms with Gasteiger partial charge in [-0.3, -0.25) is 0 Å². The molecule has 1 aromatic carbocycles. The number of rotatable bonds is 3. The minimum absolute atomic E-state index is 0.273. The molecule has 1 heterocycles. The van der Waals surface area contributed by atoms with Crippen molar-refractivity contribution in [1.82, 2.24) is 9.62 Å². The van der Waals surface area contributed by atoms with E-state index in [1.54, 1.807) is 0 Å². The first-order valence-electron chi connectivity index (χ1n) is 6.14. The molecule has 0 radical (unpaired) electrons. The van der Waals surface area contributed by atoms with Crippen molar-refractivity contribution in [2.24, 2.45) is 0 Å². The van der Waals surface area contributed by atoms with Crippen LogP contribution in [-0.2, 0) is 22.0 Å². The van der Waals surface area contributed by atoms with Crippen molar-refractivity contribution in [3.05, 3.63) is 35.4 Å². The zero-order chi connectivity index (χ0) is 14.8. The number of halogens is 3. The van der Waals surface area contributed by atoms with E-state index in [4.69, 9.17) is 0 Å². The van der Waals surface area contributed by atoms with Crippen LogP contribution in [0.15, 0.2) is 24.3 Å². The molecule has 0 saturated carbocycles. The van der Waals surface area contributed by atoms with Gasteiger partial charge in [-0.25, -0.2) is 8.42 Å². The van der Waals surface area contributed by atoms with Gasteiger partial charge in [-0.15, -0.1) is 0 Å². The summed E-state index contributed by atoms with van der Waals surface area (Å²) in [5.41, 5.74) is -0.419. The molecule has 1 N–H and O–H groups in total. The zero-order valence-corrected chi connectivity index (χ0v) is 11.5. The summed E-state index contributed by atoms with van der Waals surface area (Å²) < 4.78 is 62.8. The highest BCUT2D eigenvalue weighted by atomic mass is 32.2. The van der Waals surface area contributed by atoms with Crippen molar-refractivity contribution >= 4 is 10.0 Å². The molecule has 1 aliphatic rings. The van der Waals surface area contributed by atoms with Crippen LogP contribution in [-0.4, -0.2) is 38.9 Å². The highest BCUT2D eigenvalue weighted by Crippen LogP contribution is 2.29. The summed E-state index contributed by atoms with van der Waals surface area (Å²) in [6.07, 6.45) is -4.41. The SMILES string of the molecule is O=S(=O)(Cc1ccc(C(F)(F)F)cc1)N1CCNCC1. The number of hydrogen-bond acceptors (Lipinski definition) is 3. The minimum Gasteiger partial charge on any atom is -0.314 e. The highest BCUT2D eigenvalue weighted by Gasteiger charge is 2.30. The standard InChI is InChI=1S/C12H15F3N2O2S/c13-12(14,15)11-3-1-10(2-4-11)9-20(18,19)17-7-5-16-6-8-17/h1-4,16H,5-9H2. The molecule has 1 fully saturated rings. The third-order valence-corrected chi connectivity index (χ3v) is 4.95. The van der Waals surface area contributed by atoms with Crippen LogP contribution in [0.5, 0.6) is 0 Å². The number of nitrogens with one attached hydrogen (secondary N) is 1. The number of piperazine rings is 1. The lowest BCUT2D eigenvalue weighted by Gasteiger charge is -2.26. The van der Waals surface area contributed by atoms with E-state index in [9.17, 15) is 21.6 Å². The van der Waals surface area contributed by atoms with Gasteiger partial charge in [-0.05, 0) is 17.7 Å². The van der Waals surface area contributed by atoms with Gasteiger partial charge in [-0.1, -0.05) is 12.1 Å². The number of benzene rings is 1. The molecule has 0 bridgehead atoms. The van der Waals surface area contributed by atoms with Crippen LogP contribution in [0, 0.1) is 0 Å². The second-order valence-corrected chi connectivity index (χ2v) is 6.57. The molecule has 1 aromatic rings. The smallest absolute Gasteiger partial charge is 0.314 e. The minimum atomic E-state index is -4.41. The van der Waals surface area contributed by atoms with E-state index < -0.39 is 21.8 Å². The largest absolute Gasteiger partial charge is 0.416 e. The van der Waals surface area contributed by atoms with Gasteiger partial charge in [0, 0.05) is 26.2 Å². The monoisotopic (exact) mass is 308 g/mol. The summed E-state index contributed by atoms with van der Waals surface area (Å²) in [6.45, 7) is 1.96. The Morgan fingerprint density at radius 2 is 1.65 bits per heavy atom. The number of hydrogen-bond donors (Lipinski definition) is 1. The van der Waals surface area contributed by atoms with Gasteiger partial charge in [0.25, 0.3) is 0 Å². The first-order chi connectivity index (χ1) is 9.29. The highest BCUT2D eigenvalue weighted by molar-refractivity contribution is 7.88. The molecule has 0 spiro atoms. The Bertz CT molecular complexity index is 549. The van der Waals surface area contributed by atoms with Crippen molar-refractivity contribution in [2.75, 3.05) is 26.2 Å². The second-order valence-electron chi connectivity index (χ2n) is 4.60. The fourth-order valence-corrected chi connectivity index (χ4v) is 3.55. The molecule has 0 aliphatic carbocycles. The second kappa shape index (κ2) is 5.71. The van der Waals surface area contributed by atoms with Crippen LogP contribution in [0.4, 0.5) is 13.2 Å². The Labute approximate surface area is 115 Å². The maximum atomic E-state index is 12.4. The molecule has 4 nitrogen and oxygen atoms in total. The van der Waals surface area contributed by atoms with Crippen LogP contribution < -0.4 is 5.32 Å². The maximum Gasteiger partial charge on any atom is 0.416 e. The molecule has 112 valence electrons. The maximum absolute atomic E-state index is 12.4. The normalized spacial score (nSPS) is 18.1. The fourth-order valence-electron chi connectivity index (χ4n) is 2.01. The first kappa shape index (κ1) is 15.3. The molecule has 0 unspecified atom stereocenters. The van der Waals surface area contributed by atoms with Crippen LogP contribution in [0.2, 0.25) is 0 Å². The van der Waals surface area contributed by atoms with Crippen LogP contribution in [0.25, 0.3) is 0 Å². The van der Waals surface area contributed by atoms with Gasteiger partial charge < -0.3 is 5.32 Å². The van der Waals surface area contributed by atoms with Gasteiger partial charge in [0.2, 0.25) is 10.0 Å². The lowest BCUT2D eigenvalue weighted by molar-refractivity contribution is -0.137. The van der Waals surface area contributed by atoms with Crippen LogP contribution >= 0.6 is 0 Å². The summed E-state index contributed by atoms with van der Waals surface area (Å²) in [5, 5.41) is 3.04. The summed E-state index contributed by atoms with van der Waals surface area (Å²) in [7, 11) is -3.47. The van der Waals surface area contributed by atoms with E-state index in [0.717, 1.165) is 12.1 Å². The molecule has 0 amide bonds. The molecule has 20 heavy (non-hydrogen) atoms. The number of alkyl halides is 3. The average molecular weight is 308 g/mol. The summed E-state index contributed by atoms with van der Waals surface area (Å²) in [6, 6.07) is 4.23. The van der Waals surface area contributed by atoms with E-state index >= 15 is 0 Å². The molecule has 8 heteroatoms. The van der Waals surface area contributed by atoms with E-state index in [1.165, 1.54) is 16.4 Å². The molecular weight excluding hydrogens is 293 g/mol. The predicted octanol–water partition coefficient (Wildman–Crippen LogP) is 1.44. The zero-order valence-electron chi connectivity index (χ0n) is 10.7. The third-order valence-electron chi connectivity index (χ3n) is 3.10. The molecule has 1 saturated heterocycles. The van der Waals surface area contributed by atoms with Crippen molar-refractivity contribution in [1.29, 1.82) is 0 Å². The van der Waals surface area contributed by atoms with Crippen molar-refractivity contribution in [3.63, 3.8) is 0 Å². The molecule has 1 aliphatic heterocycles. The first-order valence-corrected chi connectivity index (χ1v) is 7.75. The van der Waals surface area contributed by atoms with Crippen LogP contribution in [0.1, 0.15) is 11.1 Å². The molecule has 0 atom stereocenters. The van der Waals surface area contributed by atoms with Crippen molar-refractivity contribution in [3.8, 4) is 0 Å². The Hall–Kier alpha value is -1.12. The summed E-state index contributed by atoms with van der Waals surface area (Å²) >= 11 is 0. The van der Waals surface area contributed by atoms with E-state index in [0.29, 0.717) is 31.7 Å². The van der Waals surface area contributed by atoms with Gasteiger partial charge in [0.05, 0.1) is 11.3 Å². The summed E-state index contributed by atoms with van der Waals surface area (Å²) in [5.74, 6) is -0.273. The van der Waals surface area contributed by atoms with Crippen molar-refractivity contribution in [2.45, 2.75) is 11.9 Å². The summed E-state index contributed by atoms with van der Waals surface area (Å²) in [4.78, 5) is 0. The Morgan fingerprint density at radius 1 is 1.10 bits per heavy atom. The van der Waals surface area contributed by atoms with Gasteiger partial charge in [0.1, 0.15) is 0 Å². The quantitative estimate of drug-likeness (QED) is 0.919. The molecule has 2 rings (SSSR count). The Morgan fingerprint density at radius 3 is 2.15 bits per heavy atom. The predicted molar refractivity (Wildman–Crippen MR) is 68.5 cm³/mol. The van der Waals surface area contributed by atoms with Gasteiger partial charge in [0.15, 0.2) is 0 Å². The molecule has 0 aromatic heterocycles. The van der Waals surface area contributed by atoms with E-state index in [-0.39, 0.29) is 5.75 Å². The van der Waals surface area contributed by atoms with Crippen molar-refractivity contribution < 1.29 is 21.6 Å². The third kappa shape index (κ3) is 3.71. The lowest BCUT2D eigenvalue weighted by Crippen LogP contribution is -2.46.